The van der Waals surface area contributed by atoms with Crippen molar-refractivity contribution in [2.45, 2.75) is 19.4 Å². The topological polar surface area (TPSA) is 57.4 Å². The number of aryl methyl sites for hydroxylation is 1. The Balaban J connectivity index is 1.98. The highest BCUT2D eigenvalue weighted by molar-refractivity contribution is 7.09. The third kappa shape index (κ3) is 2.61. The quantitative estimate of drug-likeness (QED) is 0.924. The molecule has 1 aliphatic rings. The molecular weight excluding hydrogens is 296 g/mol. The summed E-state index contributed by atoms with van der Waals surface area (Å²) in [4.78, 5) is 4.43. The van der Waals surface area contributed by atoms with Crippen molar-refractivity contribution in [3.05, 3.63) is 38.8 Å². The van der Waals surface area contributed by atoms with Gasteiger partial charge in [-0.25, -0.2) is 4.98 Å². The highest BCUT2D eigenvalue weighted by atomic mass is 35.5. The maximum absolute atomic E-state index is 6.28. The molecule has 4 nitrogen and oxygen atoms in total. The van der Waals surface area contributed by atoms with E-state index in [0.717, 1.165) is 22.7 Å². The van der Waals surface area contributed by atoms with Crippen LogP contribution in [0.3, 0.4) is 0 Å². The molecular formula is C14H15ClN2O2S. The lowest BCUT2D eigenvalue weighted by Gasteiger charge is -2.14. The van der Waals surface area contributed by atoms with Crippen LogP contribution in [0.15, 0.2) is 17.5 Å². The highest BCUT2D eigenvalue weighted by Gasteiger charge is 2.20. The molecule has 0 spiro atoms. The van der Waals surface area contributed by atoms with E-state index in [0.29, 0.717) is 29.7 Å². The summed E-state index contributed by atoms with van der Waals surface area (Å²) < 4.78 is 11.3. The fourth-order valence-corrected chi connectivity index (χ4v) is 3.18. The van der Waals surface area contributed by atoms with Crippen molar-refractivity contribution >= 4 is 22.9 Å². The van der Waals surface area contributed by atoms with E-state index < -0.39 is 0 Å². The zero-order chi connectivity index (χ0) is 14.1. The molecule has 1 aromatic carbocycles. The number of nitrogens with zero attached hydrogens (tertiary/aromatic N) is 1. The van der Waals surface area contributed by atoms with E-state index >= 15 is 0 Å². The molecule has 2 heterocycles. The average Bonchev–Trinajstić information content (AvgIpc) is 2.72. The molecule has 0 fully saturated rings. The van der Waals surface area contributed by atoms with Gasteiger partial charge >= 0.3 is 0 Å². The van der Waals surface area contributed by atoms with E-state index in [1.54, 1.807) is 11.3 Å². The molecule has 20 heavy (non-hydrogen) atoms. The second-order valence-electron chi connectivity index (χ2n) is 4.69. The number of hydrogen-bond acceptors (Lipinski definition) is 5. The summed E-state index contributed by atoms with van der Waals surface area (Å²) in [5.41, 5.74) is 8.12. The Hall–Kier alpha value is -1.30. The Morgan fingerprint density at radius 3 is 2.90 bits per heavy atom. The molecule has 0 amide bonds. The Morgan fingerprint density at radius 2 is 2.15 bits per heavy atom. The largest absolute Gasteiger partial charge is 0.489 e. The number of ether oxygens (including phenoxy) is 2. The van der Waals surface area contributed by atoms with Crippen LogP contribution in [0.5, 0.6) is 11.5 Å². The molecule has 1 atom stereocenters. The summed E-state index contributed by atoms with van der Waals surface area (Å²) in [6, 6.07) is 3.42. The Kier molecular flexibility index (Phi) is 3.83. The maximum atomic E-state index is 6.28. The first-order chi connectivity index (χ1) is 9.65. The van der Waals surface area contributed by atoms with Crippen LogP contribution in [0.4, 0.5) is 0 Å². The fourth-order valence-electron chi connectivity index (χ4n) is 2.09. The van der Waals surface area contributed by atoms with Crippen molar-refractivity contribution < 1.29 is 9.47 Å². The minimum atomic E-state index is -0.302. The maximum Gasteiger partial charge on any atom is 0.179 e. The van der Waals surface area contributed by atoms with E-state index in [-0.39, 0.29) is 6.04 Å². The van der Waals surface area contributed by atoms with E-state index in [4.69, 9.17) is 26.8 Å². The van der Waals surface area contributed by atoms with Gasteiger partial charge in [-0.15, -0.1) is 11.3 Å². The van der Waals surface area contributed by atoms with Crippen LogP contribution in [0.2, 0.25) is 5.02 Å². The van der Waals surface area contributed by atoms with Gasteiger partial charge in [0.1, 0.15) is 5.01 Å². The molecule has 1 unspecified atom stereocenters. The van der Waals surface area contributed by atoms with Gasteiger partial charge in [0, 0.05) is 17.5 Å². The number of thiazole rings is 1. The van der Waals surface area contributed by atoms with Crippen LogP contribution >= 0.6 is 22.9 Å². The molecule has 6 heteroatoms. The van der Waals surface area contributed by atoms with Crippen molar-refractivity contribution in [2.75, 3.05) is 13.2 Å². The van der Waals surface area contributed by atoms with Crippen molar-refractivity contribution in [1.82, 2.24) is 4.98 Å². The minimum absolute atomic E-state index is 0.302. The summed E-state index contributed by atoms with van der Waals surface area (Å²) in [5.74, 6) is 1.27. The zero-order valence-electron chi connectivity index (χ0n) is 11.1. The van der Waals surface area contributed by atoms with Crippen LogP contribution in [0.25, 0.3) is 0 Å². The second kappa shape index (κ2) is 5.60. The third-order valence-electron chi connectivity index (χ3n) is 3.09. The molecule has 3 rings (SSSR count). The lowest BCUT2D eigenvalue weighted by molar-refractivity contribution is 0.297. The van der Waals surface area contributed by atoms with Crippen molar-refractivity contribution in [3.8, 4) is 11.5 Å². The number of halogens is 1. The van der Waals surface area contributed by atoms with E-state index in [1.807, 2.05) is 24.4 Å². The lowest BCUT2D eigenvalue weighted by Crippen LogP contribution is -2.12. The SMILES string of the molecule is Cc1csc(C(N)c2cc(Cl)c3c(c2)OCCCO3)n1. The van der Waals surface area contributed by atoms with Gasteiger partial charge in [-0.05, 0) is 24.6 Å². The first kappa shape index (κ1) is 13.7. The van der Waals surface area contributed by atoms with Crippen LogP contribution < -0.4 is 15.2 Å². The number of aromatic nitrogens is 1. The van der Waals surface area contributed by atoms with Crippen molar-refractivity contribution in [3.63, 3.8) is 0 Å². The van der Waals surface area contributed by atoms with Gasteiger partial charge in [0.05, 0.1) is 24.3 Å². The smallest absolute Gasteiger partial charge is 0.179 e. The van der Waals surface area contributed by atoms with Gasteiger partial charge in [0.15, 0.2) is 11.5 Å². The standard InChI is InChI=1S/C14H15ClN2O2S/c1-8-7-20-14(17-8)12(16)9-5-10(15)13-11(6-9)18-3-2-4-19-13/h5-7,12H,2-4,16H2,1H3. The number of benzene rings is 1. The molecule has 1 aromatic heterocycles. The number of rotatable bonds is 2. The molecule has 2 aromatic rings. The Labute approximate surface area is 126 Å². The van der Waals surface area contributed by atoms with Gasteiger partial charge in [-0.2, -0.15) is 0 Å². The number of hydrogen-bond donors (Lipinski definition) is 1. The van der Waals surface area contributed by atoms with Gasteiger partial charge in [-0.1, -0.05) is 11.6 Å². The van der Waals surface area contributed by atoms with Crippen LogP contribution in [-0.4, -0.2) is 18.2 Å². The minimum Gasteiger partial charge on any atom is -0.489 e. The molecule has 0 saturated heterocycles. The van der Waals surface area contributed by atoms with Crippen molar-refractivity contribution in [1.29, 1.82) is 0 Å². The molecule has 0 aliphatic carbocycles. The molecule has 2 N–H and O–H groups in total. The number of nitrogens with two attached hydrogens (primary N) is 1. The van der Waals surface area contributed by atoms with Gasteiger partial charge < -0.3 is 15.2 Å². The summed E-state index contributed by atoms with van der Waals surface area (Å²) in [5, 5.41) is 3.39. The summed E-state index contributed by atoms with van der Waals surface area (Å²) >= 11 is 7.83. The zero-order valence-corrected chi connectivity index (χ0v) is 12.6. The lowest BCUT2D eigenvalue weighted by atomic mass is 10.1. The Bertz CT molecular complexity index is 630. The predicted molar refractivity (Wildman–Crippen MR) is 79.9 cm³/mol. The van der Waals surface area contributed by atoms with Gasteiger partial charge in [0.2, 0.25) is 0 Å². The summed E-state index contributed by atoms with van der Waals surface area (Å²) in [6.07, 6.45) is 0.845. The molecule has 0 bridgehead atoms. The van der Waals surface area contributed by atoms with Gasteiger partial charge in [0.25, 0.3) is 0 Å². The van der Waals surface area contributed by atoms with Crippen molar-refractivity contribution in [2.24, 2.45) is 5.73 Å². The normalized spacial score (nSPS) is 15.8. The summed E-state index contributed by atoms with van der Waals surface area (Å²) in [7, 11) is 0. The molecule has 0 radical (unpaired) electrons. The Morgan fingerprint density at radius 1 is 1.35 bits per heavy atom. The highest BCUT2D eigenvalue weighted by Crippen LogP contribution is 2.40. The molecule has 1 aliphatic heterocycles. The number of fused-ring (bicyclic) bond motifs is 1. The molecule has 0 saturated carbocycles. The first-order valence-electron chi connectivity index (χ1n) is 6.42. The van der Waals surface area contributed by atoms with Crippen LogP contribution in [0.1, 0.15) is 28.7 Å². The van der Waals surface area contributed by atoms with Gasteiger partial charge in [-0.3, -0.25) is 0 Å². The van der Waals surface area contributed by atoms with E-state index in [2.05, 4.69) is 4.98 Å². The molecule has 106 valence electrons. The predicted octanol–water partition coefficient (Wildman–Crippen LogP) is 3.31. The van der Waals surface area contributed by atoms with E-state index in [9.17, 15) is 0 Å². The van der Waals surface area contributed by atoms with Crippen LogP contribution in [-0.2, 0) is 0 Å². The van der Waals surface area contributed by atoms with E-state index in [1.165, 1.54) is 0 Å². The fraction of sp³-hybridized carbons (Fsp3) is 0.357. The average molecular weight is 311 g/mol. The third-order valence-corrected chi connectivity index (χ3v) is 4.41. The second-order valence-corrected chi connectivity index (χ2v) is 5.98. The van der Waals surface area contributed by atoms with Crippen LogP contribution in [0, 0.1) is 6.92 Å². The monoisotopic (exact) mass is 310 g/mol. The first-order valence-corrected chi connectivity index (χ1v) is 7.67. The summed E-state index contributed by atoms with van der Waals surface area (Å²) in [6.45, 7) is 3.19.